The van der Waals surface area contributed by atoms with Gasteiger partial charge >= 0.3 is 0 Å². The van der Waals surface area contributed by atoms with E-state index in [4.69, 9.17) is 4.42 Å². The predicted octanol–water partition coefficient (Wildman–Crippen LogP) is 2.94. The summed E-state index contributed by atoms with van der Waals surface area (Å²) in [6, 6.07) is 4.28. The molecule has 0 spiro atoms. The van der Waals surface area contributed by atoms with Crippen molar-refractivity contribution in [3.63, 3.8) is 0 Å². The number of aryl methyl sites for hydroxylation is 1. The number of furan rings is 1. The average molecular weight is 236 g/mol. The third-order valence-corrected chi connectivity index (χ3v) is 3.30. The van der Waals surface area contributed by atoms with E-state index in [1.165, 1.54) is 5.01 Å². The van der Waals surface area contributed by atoms with E-state index in [0.29, 0.717) is 0 Å². The van der Waals surface area contributed by atoms with Crippen molar-refractivity contribution in [1.29, 1.82) is 0 Å². The molecule has 4 heteroatoms. The molecule has 2 aromatic rings. The van der Waals surface area contributed by atoms with Crippen LogP contribution in [0.25, 0.3) is 0 Å². The first-order chi connectivity index (χ1) is 7.75. The lowest BCUT2D eigenvalue weighted by Crippen LogP contribution is -2.20. The fourth-order valence-corrected chi connectivity index (χ4v) is 2.18. The SMILES string of the molecule is Cc1ccc(C(C)NCCc2nccs2)o1. The van der Waals surface area contributed by atoms with Gasteiger partial charge in [0.05, 0.1) is 11.0 Å². The van der Waals surface area contributed by atoms with E-state index < -0.39 is 0 Å². The van der Waals surface area contributed by atoms with Crippen molar-refractivity contribution < 1.29 is 4.42 Å². The Morgan fingerprint density at radius 3 is 3.00 bits per heavy atom. The molecule has 86 valence electrons. The maximum Gasteiger partial charge on any atom is 0.120 e. The Morgan fingerprint density at radius 1 is 1.50 bits per heavy atom. The number of hydrogen-bond donors (Lipinski definition) is 1. The van der Waals surface area contributed by atoms with Crippen LogP contribution in [-0.2, 0) is 6.42 Å². The Labute approximate surface area is 99.5 Å². The molecular weight excluding hydrogens is 220 g/mol. The molecule has 0 aliphatic heterocycles. The maximum absolute atomic E-state index is 5.56. The first kappa shape index (κ1) is 11.4. The fraction of sp³-hybridized carbons (Fsp3) is 0.417. The van der Waals surface area contributed by atoms with Gasteiger partial charge in [-0.3, -0.25) is 0 Å². The first-order valence-corrected chi connectivity index (χ1v) is 6.32. The van der Waals surface area contributed by atoms with Gasteiger partial charge in [-0.15, -0.1) is 11.3 Å². The van der Waals surface area contributed by atoms with Gasteiger partial charge in [0.2, 0.25) is 0 Å². The van der Waals surface area contributed by atoms with Crippen LogP contribution in [-0.4, -0.2) is 11.5 Å². The Balaban J connectivity index is 1.78. The summed E-state index contributed by atoms with van der Waals surface area (Å²) in [6.45, 7) is 5.00. The molecule has 1 unspecified atom stereocenters. The molecule has 0 fully saturated rings. The summed E-state index contributed by atoms with van der Waals surface area (Å²) < 4.78 is 5.56. The molecule has 1 atom stereocenters. The summed E-state index contributed by atoms with van der Waals surface area (Å²) in [5.74, 6) is 1.96. The van der Waals surface area contributed by atoms with Gasteiger partial charge < -0.3 is 9.73 Å². The Hall–Kier alpha value is -1.13. The van der Waals surface area contributed by atoms with E-state index in [2.05, 4.69) is 17.2 Å². The largest absolute Gasteiger partial charge is 0.465 e. The molecule has 16 heavy (non-hydrogen) atoms. The molecular formula is C12H16N2OS. The maximum atomic E-state index is 5.56. The number of hydrogen-bond acceptors (Lipinski definition) is 4. The zero-order valence-electron chi connectivity index (χ0n) is 9.56. The highest BCUT2D eigenvalue weighted by Crippen LogP contribution is 2.15. The van der Waals surface area contributed by atoms with Crippen LogP contribution in [0.2, 0.25) is 0 Å². The van der Waals surface area contributed by atoms with Crippen LogP contribution in [0.4, 0.5) is 0 Å². The molecule has 0 radical (unpaired) electrons. The summed E-state index contributed by atoms with van der Waals surface area (Å²) in [5, 5.41) is 6.61. The topological polar surface area (TPSA) is 38.1 Å². The van der Waals surface area contributed by atoms with Gasteiger partial charge in [-0.25, -0.2) is 4.98 Å². The zero-order valence-corrected chi connectivity index (χ0v) is 10.4. The van der Waals surface area contributed by atoms with Crippen molar-refractivity contribution in [3.8, 4) is 0 Å². The van der Waals surface area contributed by atoms with Gasteiger partial charge in [-0.1, -0.05) is 0 Å². The summed E-state index contributed by atoms with van der Waals surface area (Å²) in [7, 11) is 0. The van der Waals surface area contributed by atoms with Crippen LogP contribution in [0.1, 0.15) is 29.5 Å². The third-order valence-electron chi connectivity index (χ3n) is 2.46. The highest BCUT2D eigenvalue weighted by molar-refractivity contribution is 7.09. The van der Waals surface area contributed by atoms with Gasteiger partial charge in [0, 0.05) is 24.5 Å². The van der Waals surface area contributed by atoms with Gasteiger partial charge in [0.1, 0.15) is 11.5 Å². The van der Waals surface area contributed by atoms with Crippen molar-refractivity contribution >= 4 is 11.3 Å². The monoisotopic (exact) mass is 236 g/mol. The Bertz CT molecular complexity index is 422. The van der Waals surface area contributed by atoms with Crippen molar-refractivity contribution in [2.45, 2.75) is 26.3 Å². The predicted molar refractivity (Wildman–Crippen MR) is 65.7 cm³/mol. The van der Waals surface area contributed by atoms with Gasteiger partial charge in [-0.05, 0) is 26.0 Å². The third kappa shape index (κ3) is 2.93. The van der Waals surface area contributed by atoms with Crippen molar-refractivity contribution in [2.24, 2.45) is 0 Å². The average Bonchev–Trinajstić information content (AvgIpc) is 2.89. The van der Waals surface area contributed by atoms with Crippen LogP contribution in [0.5, 0.6) is 0 Å². The molecule has 1 N–H and O–H groups in total. The second kappa shape index (κ2) is 5.27. The van der Waals surface area contributed by atoms with Crippen LogP contribution in [0.15, 0.2) is 28.1 Å². The van der Waals surface area contributed by atoms with Crippen LogP contribution >= 0.6 is 11.3 Å². The number of thiazole rings is 1. The molecule has 2 rings (SSSR count). The molecule has 3 nitrogen and oxygen atoms in total. The molecule has 2 aromatic heterocycles. The van der Waals surface area contributed by atoms with Gasteiger partial charge in [0.15, 0.2) is 0 Å². The number of rotatable bonds is 5. The Kier molecular flexibility index (Phi) is 3.74. The van der Waals surface area contributed by atoms with Crippen LogP contribution in [0, 0.1) is 6.92 Å². The first-order valence-electron chi connectivity index (χ1n) is 5.44. The molecule has 0 aromatic carbocycles. The molecule has 0 aliphatic rings. The number of nitrogens with one attached hydrogen (secondary N) is 1. The van der Waals surface area contributed by atoms with E-state index in [1.807, 2.05) is 30.6 Å². The fourth-order valence-electron chi connectivity index (χ4n) is 1.56. The summed E-state index contributed by atoms with van der Waals surface area (Å²) >= 11 is 1.70. The van der Waals surface area contributed by atoms with Crippen LogP contribution in [0.3, 0.4) is 0 Å². The standard InChI is InChI=1S/C12H16N2OS/c1-9-3-4-11(15-9)10(2)13-6-5-12-14-7-8-16-12/h3-4,7-8,10,13H,5-6H2,1-2H3. The molecule has 0 saturated carbocycles. The number of nitrogens with zero attached hydrogens (tertiary/aromatic N) is 1. The van der Waals surface area contributed by atoms with E-state index >= 15 is 0 Å². The van der Waals surface area contributed by atoms with Crippen molar-refractivity contribution in [2.75, 3.05) is 6.54 Å². The summed E-state index contributed by atoms with van der Waals surface area (Å²) in [6.07, 6.45) is 2.82. The quantitative estimate of drug-likeness (QED) is 0.867. The molecule has 0 saturated heterocycles. The zero-order chi connectivity index (χ0) is 11.4. The minimum absolute atomic E-state index is 0.258. The second-order valence-corrected chi connectivity index (χ2v) is 4.78. The highest BCUT2D eigenvalue weighted by Gasteiger charge is 2.08. The van der Waals surface area contributed by atoms with Gasteiger partial charge in [0.25, 0.3) is 0 Å². The van der Waals surface area contributed by atoms with Gasteiger partial charge in [-0.2, -0.15) is 0 Å². The van der Waals surface area contributed by atoms with Crippen LogP contribution < -0.4 is 5.32 Å². The lowest BCUT2D eigenvalue weighted by atomic mass is 10.2. The molecule has 2 heterocycles. The lowest BCUT2D eigenvalue weighted by Gasteiger charge is -2.10. The van der Waals surface area contributed by atoms with E-state index in [0.717, 1.165) is 24.5 Å². The summed E-state index contributed by atoms with van der Waals surface area (Å²) in [5.41, 5.74) is 0. The molecule has 0 aliphatic carbocycles. The minimum Gasteiger partial charge on any atom is -0.465 e. The van der Waals surface area contributed by atoms with Crippen molar-refractivity contribution in [3.05, 3.63) is 40.2 Å². The molecule has 0 bridgehead atoms. The van der Waals surface area contributed by atoms with Crippen molar-refractivity contribution in [1.82, 2.24) is 10.3 Å². The smallest absolute Gasteiger partial charge is 0.120 e. The number of aromatic nitrogens is 1. The van der Waals surface area contributed by atoms with E-state index in [9.17, 15) is 0 Å². The normalized spacial score (nSPS) is 12.9. The highest BCUT2D eigenvalue weighted by atomic mass is 32.1. The molecule has 0 amide bonds. The lowest BCUT2D eigenvalue weighted by molar-refractivity contribution is 0.418. The minimum atomic E-state index is 0.258. The van der Waals surface area contributed by atoms with E-state index in [-0.39, 0.29) is 6.04 Å². The summed E-state index contributed by atoms with van der Waals surface area (Å²) in [4.78, 5) is 4.25. The Morgan fingerprint density at radius 2 is 2.38 bits per heavy atom. The second-order valence-electron chi connectivity index (χ2n) is 3.80. The van der Waals surface area contributed by atoms with E-state index in [1.54, 1.807) is 11.3 Å².